The molecule has 6 nitrogen and oxygen atoms in total. The highest BCUT2D eigenvalue weighted by molar-refractivity contribution is 5.76. The fourth-order valence-corrected chi connectivity index (χ4v) is 2.43. The molecule has 6 heteroatoms. The molecule has 0 aliphatic rings. The number of nitrogens with zero attached hydrogens (tertiary/aromatic N) is 3. The minimum atomic E-state index is 0.0182. The molecule has 0 radical (unpaired) electrons. The van der Waals surface area contributed by atoms with Crippen LogP contribution in [0, 0.1) is 5.92 Å². The molecule has 24 heavy (non-hydrogen) atoms. The summed E-state index contributed by atoms with van der Waals surface area (Å²) in [6, 6.07) is 5.71. The molecule has 0 aromatic carbocycles. The molecule has 1 atom stereocenters. The summed E-state index contributed by atoms with van der Waals surface area (Å²) in [6.45, 7) is 6.48. The Hall–Kier alpha value is -2.24. The van der Waals surface area contributed by atoms with Gasteiger partial charge in [-0.15, -0.1) is 0 Å². The Kier molecular flexibility index (Phi) is 6.90. The minimum Gasteiger partial charge on any atom is -0.354 e. The first-order valence-electron chi connectivity index (χ1n) is 8.58. The monoisotopic (exact) mass is 330 g/mol. The second kappa shape index (κ2) is 9.15. The van der Waals surface area contributed by atoms with Gasteiger partial charge in [0.15, 0.2) is 0 Å². The second-order valence-electron chi connectivity index (χ2n) is 6.52. The number of aromatic nitrogens is 3. The zero-order valence-electron chi connectivity index (χ0n) is 14.7. The molecule has 1 unspecified atom stereocenters. The molecule has 0 saturated carbocycles. The summed E-state index contributed by atoms with van der Waals surface area (Å²) in [5, 5.41) is 6.92. The van der Waals surface area contributed by atoms with Gasteiger partial charge in [0.05, 0.1) is 0 Å². The van der Waals surface area contributed by atoms with Gasteiger partial charge in [-0.2, -0.15) is 4.98 Å². The van der Waals surface area contributed by atoms with Crippen molar-refractivity contribution < 1.29 is 9.32 Å². The number of hydrogen-bond donors (Lipinski definition) is 1. The maximum Gasteiger partial charge on any atom is 0.227 e. The number of rotatable bonds is 9. The molecule has 1 N–H and O–H groups in total. The lowest BCUT2D eigenvalue weighted by Crippen LogP contribution is -2.32. The smallest absolute Gasteiger partial charge is 0.227 e. The van der Waals surface area contributed by atoms with E-state index in [9.17, 15) is 4.79 Å². The van der Waals surface area contributed by atoms with Crippen LogP contribution in [0.15, 0.2) is 28.9 Å². The predicted molar refractivity (Wildman–Crippen MR) is 92.1 cm³/mol. The van der Waals surface area contributed by atoms with Gasteiger partial charge in [-0.25, -0.2) is 0 Å². The average molecular weight is 330 g/mol. The largest absolute Gasteiger partial charge is 0.354 e. The van der Waals surface area contributed by atoms with E-state index in [2.05, 4.69) is 34.3 Å². The van der Waals surface area contributed by atoms with Crippen molar-refractivity contribution in [2.45, 2.75) is 58.9 Å². The molecule has 2 heterocycles. The highest BCUT2D eigenvalue weighted by Gasteiger charge is 2.12. The lowest BCUT2D eigenvalue weighted by atomic mass is 10.0. The molecule has 2 rings (SSSR count). The van der Waals surface area contributed by atoms with Gasteiger partial charge in [0, 0.05) is 25.1 Å². The van der Waals surface area contributed by atoms with Crippen LogP contribution in [0.5, 0.6) is 0 Å². The first kappa shape index (κ1) is 18.1. The fourth-order valence-electron chi connectivity index (χ4n) is 2.43. The topological polar surface area (TPSA) is 80.9 Å². The van der Waals surface area contributed by atoms with Crippen molar-refractivity contribution >= 4 is 5.91 Å². The maximum absolute atomic E-state index is 12.0. The third kappa shape index (κ3) is 6.10. The van der Waals surface area contributed by atoms with Crippen LogP contribution < -0.4 is 5.32 Å². The molecule has 0 saturated heterocycles. The van der Waals surface area contributed by atoms with Gasteiger partial charge in [0.2, 0.25) is 17.6 Å². The zero-order chi connectivity index (χ0) is 17.4. The van der Waals surface area contributed by atoms with Crippen LogP contribution in [-0.2, 0) is 11.2 Å². The van der Waals surface area contributed by atoms with Crippen LogP contribution in [0.25, 0.3) is 11.5 Å². The summed E-state index contributed by atoms with van der Waals surface area (Å²) < 4.78 is 5.18. The Morgan fingerprint density at radius 2 is 2.08 bits per heavy atom. The van der Waals surface area contributed by atoms with E-state index >= 15 is 0 Å². The molecule has 0 fully saturated rings. The Bertz CT molecular complexity index is 625. The first-order chi connectivity index (χ1) is 11.5. The van der Waals surface area contributed by atoms with Crippen molar-refractivity contribution in [1.29, 1.82) is 0 Å². The number of carbonyl (C=O) groups is 1. The lowest BCUT2D eigenvalue weighted by Gasteiger charge is -2.14. The number of hydrogen-bond acceptors (Lipinski definition) is 5. The molecule has 0 aliphatic carbocycles. The van der Waals surface area contributed by atoms with Crippen LogP contribution in [0.2, 0.25) is 0 Å². The van der Waals surface area contributed by atoms with Crippen LogP contribution in [-0.4, -0.2) is 27.1 Å². The van der Waals surface area contributed by atoms with Gasteiger partial charge >= 0.3 is 0 Å². The quantitative estimate of drug-likeness (QED) is 0.762. The van der Waals surface area contributed by atoms with E-state index in [0.29, 0.717) is 36.2 Å². The number of amides is 1. The summed E-state index contributed by atoms with van der Waals surface area (Å²) in [6.07, 6.45) is 5.80. The highest BCUT2D eigenvalue weighted by Crippen LogP contribution is 2.13. The Morgan fingerprint density at radius 3 is 2.79 bits per heavy atom. The Balaban J connectivity index is 1.73. The number of carbonyl (C=O) groups excluding carboxylic acids is 1. The average Bonchev–Trinajstić information content (AvgIpc) is 3.02. The third-order valence-corrected chi connectivity index (χ3v) is 3.75. The predicted octanol–water partition coefficient (Wildman–Crippen LogP) is 3.40. The Morgan fingerprint density at radius 1 is 1.25 bits per heavy atom. The van der Waals surface area contributed by atoms with E-state index < -0.39 is 0 Å². The molecule has 0 bridgehead atoms. The fraction of sp³-hybridized carbons (Fsp3) is 0.556. The van der Waals surface area contributed by atoms with Gasteiger partial charge < -0.3 is 9.84 Å². The molecular formula is C18H26N4O2. The van der Waals surface area contributed by atoms with E-state index in [1.807, 2.05) is 25.1 Å². The van der Waals surface area contributed by atoms with E-state index in [1.165, 1.54) is 6.42 Å². The van der Waals surface area contributed by atoms with Crippen molar-refractivity contribution in [2.75, 3.05) is 0 Å². The van der Waals surface area contributed by atoms with Gasteiger partial charge in [0.25, 0.3) is 0 Å². The van der Waals surface area contributed by atoms with Gasteiger partial charge in [-0.1, -0.05) is 37.9 Å². The van der Waals surface area contributed by atoms with Crippen molar-refractivity contribution in [2.24, 2.45) is 5.92 Å². The summed E-state index contributed by atoms with van der Waals surface area (Å²) in [7, 11) is 0. The van der Waals surface area contributed by atoms with Crippen LogP contribution in [0.1, 0.15) is 52.3 Å². The molecule has 130 valence electrons. The van der Waals surface area contributed by atoms with E-state index in [0.717, 1.165) is 12.8 Å². The van der Waals surface area contributed by atoms with Crippen LogP contribution in [0.3, 0.4) is 0 Å². The zero-order valence-corrected chi connectivity index (χ0v) is 14.7. The minimum absolute atomic E-state index is 0.0182. The standard InChI is InChI=1S/C18H26N4O2/c1-13(2)7-6-8-14(3)20-16(23)10-11-17-21-18(22-24-17)15-9-4-5-12-19-15/h4-5,9,12-14H,6-8,10-11H2,1-3H3,(H,20,23). The first-order valence-corrected chi connectivity index (χ1v) is 8.58. The summed E-state index contributed by atoms with van der Waals surface area (Å²) >= 11 is 0. The van der Waals surface area contributed by atoms with E-state index in [-0.39, 0.29) is 11.9 Å². The molecule has 2 aromatic rings. The molecular weight excluding hydrogens is 304 g/mol. The van der Waals surface area contributed by atoms with E-state index in [1.54, 1.807) is 6.20 Å². The van der Waals surface area contributed by atoms with Crippen molar-refractivity contribution in [3.05, 3.63) is 30.3 Å². The third-order valence-electron chi connectivity index (χ3n) is 3.75. The van der Waals surface area contributed by atoms with Crippen molar-refractivity contribution in [1.82, 2.24) is 20.4 Å². The van der Waals surface area contributed by atoms with Gasteiger partial charge in [-0.05, 0) is 31.4 Å². The summed E-state index contributed by atoms with van der Waals surface area (Å²) in [5.74, 6) is 1.63. The SMILES string of the molecule is CC(C)CCCC(C)NC(=O)CCc1nc(-c2ccccn2)no1. The van der Waals surface area contributed by atoms with Crippen LogP contribution in [0.4, 0.5) is 0 Å². The Labute approximate surface area is 143 Å². The van der Waals surface area contributed by atoms with Crippen molar-refractivity contribution in [3.63, 3.8) is 0 Å². The molecule has 2 aromatic heterocycles. The van der Waals surface area contributed by atoms with Crippen LogP contribution >= 0.6 is 0 Å². The summed E-state index contributed by atoms with van der Waals surface area (Å²) in [5.41, 5.74) is 0.663. The highest BCUT2D eigenvalue weighted by atomic mass is 16.5. The number of nitrogens with one attached hydrogen (secondary N) is 1. The lowest BCUT2D eigenvalue weighted by molar-refractivity contribution is -0.121. The van der Waals surface area contributed by atoms with E-state index in [4.69, 9.17) is 4.52 Å². The molecule has 0 aliphatic heterocycles. The van der Waals surface area contributed by atoms with Gasteiger partial charge in [-0.3, -0.25) is 9.78 Å². The summed E-state index contributed by atoms with van der Waals surface area (Å²) in [4.78, 5) is 20.4. The maximum atomic E-state index is 12.0. The number of aryl methyl sites for hydroxylation is 1. The van der Waals surface area contributed by atoms with Crippen molar-refractivity contribution in [3.8, 4) is 11.5 Å². The molecule has 1 amide bonds. The second-order valence-corrected chi connectivity index (χ2v) is 6.52. The van der Waals surface area contributed by atoms with Gasteiger partial charge in [0.1, 0.15) is 5.69 Å². The molecule has 0 spiro atoms. The number of pyridine rings is 1. The normalized spacial score (nSPS) is 12.3.